The number of halogens is 1. The maximum absolute atomic E-state index is 13.8. The molecule has 5 nitrogen and oxygen atoms in total. The number of nitrogens with two attached hydrogens (primary N) is 1. The highest BCUT2D eigenvalue weighted by Crippen LogP contribution is 2.19. The second-order valence-corrected chi connectivity index (χ2v) is 4.21. The molecule has 0 fully saturated rings. The van der Waals surface area contributed by atoms with E-state index in [1.165, 1.54) is 31.4 Å². The maximum Gasteiger partial charge on any atom is 0.258 e. The number of carbonyl (C=O) groups excluding carboxylic acids is 2. The zero-order chi connectivity index (χ0) is 15.4. The van der Waals surface area contributed by atoms with Crippen LogP contribution in [0.4, 0.5) is 10.1 Å². The molecule has 6 heteroatoms. The minimum absolute atomic E-state index is 0.153. The van der Waals surface area contributed by atoms with Crippen LogP contribution >= 0.6 is 0 Å². The highest BCUT2D eigenvalue weighted by atomic mass is 19.1. The fraction of sp³-hybridized carbons (Fsp3) is 0.0667. The van der Waals surface area contributed by atoms with Gasteiger partial charge < -0.3 is 15.8 Å². The minimum Gasteiger partial charge on any atom is -0.497 e. The van der Waals surface area contributed by atoms with Gasteiger partial charge in [-0.05, 0) is 24.3 Å². The quantitative estimate of drug-likeness (QED) is 0.904. The maximum atomic E-state index is 13.8. The van der Waals surface area contributed by atoms with E-state index in [1.807, 2.05) is 0 Å². The van der Waals surface area contributed by atoms with E-state index in [4.69, 9.17) is 10.5 Å². The Labute approximate surface area is 120 Å². The molecule has 0 saturated carbocycles. The van der Waals surface area contributed by atoms with Crippen molar-refractivity contribution in [3.63, 3.8) is 0 Å². The van der Waals surface area contributed by atoms with Crippen LogP contribution in [0.25, 0.3) is 0 Å². The molecule has 2 amide bonds. The van der Waals surface area contributed by atoms with Crippen molar-refractivity contribution in [2.75, 3.05) is 12.4 Å². The molecule has 0 aliphatic carbocycles. The van der Waals surface area contributed by atoms with Crippen molar-refractivity contribution < 1.29 is 18.7 Å². The fourth-order valence-electron chi connectivity index (χ4n) is 1.80. The normalized spacial score (nSPS) is 10.0. The number of amides is 2. The first-order valence-electron chi connectivity index (χ1n) is 6.06. The van der Waals surface area contributed by atoms with Gasteiger partial charge in [-0.2, -0.15) is 0 Å². The van der Waals surface area contributed by atoms with Crippen molar-refractivity contribution in [1.29, 1.82) is 0 Å². The number of para-hydroxylation sites is 1. The Kier molecular flexibility index (Phi) is 4.18. The number of carbonyl (C=O) groups is 2. The standard InChI is InChI=1S/C15H13FN2O3/c1-21-9-6-7-10(12(16)8-9)15(20)18-13-5-3-2-4-11(13)14(17)19/h2-8H,1H3,(H2,17,19)(H,18,20). The number of primary amides is 1. The molecule has 21 heavy (non-hydrogen) atoms. The minimum atomic E-state index is -0.719. The molecule has 0 bridgehead atoms. The lowest BCUT2D eigenvalue weighted by atomic mass is 10.1. The van der Waals surface area contributed by atoms with Crippen LogP contribution in [0, 0.1) is 5.82 Å². The summed E-state index contributed by atoms with van der Waals surface area (Å²) in [5.74, 6) is -1.77. The van der Waals surface area contributed by atoms with Gasteiger partial charge in [0.1, 0.15) is 11.6 Å². The Morgan fingerprint density at radius 1 is 1.14 bits per heavy atom. The van der Waals surface area contributed by atoms with E-state index in [0.717, 1.165) is 6.07 Å². The van der Waals surface area contributed by atoms with Crippen LogP contribution in [0.5, 0.6) is 5.75 Å². The fourth-order valence-corrected chi connectivity index (χ4v) is 1.80. The summed E-state index contributed by atoms with van der Waals surface area (Å²) in [4.78, 5) is 23.3. The monoisotopic (exact) mass is 288 g/mol. The molecule has 2 aromatic rings. The van der Waals surface area contributed by atoms with Gasteiger partial charge in [-0.3, -0.25) is 9.59 Å². The van der Waals surface area contributed by atoms with E-state index in [2.05, 4.69) is 5.32 Å². The van der Waals surface area contributed by atoms with Crippen molar-refractivity contribution in [2.45, 2.75) is 0 Å². The number of benzene rings is 2. The van der Waals surface area contributed by atoms with Crippen LogP contribution in [0.2, 0.25) is 0 Å². The molecule has 0 aromatic heterocycles. The highest BCUT2D eigenvalue weighted by molar-refractivity contribution is 6.08. The van der Waals surface area contributed by atoms with Crippen LogP contribution in [-0.4, -0.2) is 18.9 Å². The second kappa shape index (κ2) is 6.04. The number of nitrogens with one attached hydrogen (secondary N) is 1. The molecular formula is C15H13FN2O3. The molecule has 0 unspecified atom stereocenters. The van der Waals surface area contributed by atoms with Gasteiger partial charge >= 0.3 is 0 Å². The van der Waals surface area contributed by atoms with E-state index in [-0.39, 0.29) is 16.8 Å². The van der Waals surface area contributed by atoms with Crippen LogP contribution in [0.3, 0.4) is 0 Å². The number of methoxy groups -OCH3 is 1. The lowest BCUT2D eigenvalue weighted by Crippen LogP contribution is -2.19. The Hall–Kier alpha value is -2.89. The molecule has 0 aliphatic heterocycles. The van der Waals surface area contributed by atoms with Gasteiger partial charge in [0.05, 0.1) is 23.9 Å². The van der Waals surface area contributed by atoms with E-state index in [1.54, 1.807) is 12.1 Å². The number of hydrogen-bond acceptors (Lipinski definition) is 3. The van der Waals surface area contributed by atoms with Gasteiger partial charge in [-0.15, -0.1) is 0 Å². The molecule has 0 spiro atoms. The van der Waals surface area contributed by atoms with Gasteiger partial charge in [0.15, 0.2) is 0 Å². The molecule has 108 valence electrons. The van der Waals surface area contributed by atoms with E-state index in [9.17, 15) is 14.0 Å². The summed E-state index contributed by atoms with van der Waals surface area (Å²) in [6.07, 6.45) is 0. The number of ether oxygens (including phenoxy) is 1. The van der Waals surface area contributed by atoms with Gasteiger partial charge in [-0.1, -0.05) is 12.1 Å². The lowest BCUT2D eigenvalue weighted by molar-refractivity contribution is 0.100. The molecular weight excluding hydrogens is 275 g/mol. The summed E-state index contributed by atoms with van der Waals surface area (Å²) >= 11 is 0. The van der Waals surface area contributed by atoms with Crippen molar-refractivity contribution in [3.05, 3.63) is 59.4 Å². The Morgan fingerprint density at radius 2 is 1.86 bits per heavy atom. The van der Waals surface area contributed by atoms with Crippen LogP contribution in [0.1, 0.15) is 20.7 Å². The molecule has 3 N–H and O–H groups in total. The lowest BCUT2D eigenvalue weighted by Gasteiger charge is -2.10. The molecule has 2 rings (SSSR count). The summed E-state index contributed by atoms with van der Waals surface area (Å²) in [7, 11) is 1.40. The molecule has 0 heterocycles. The van der Waals surface area contributed by atoms with E-state index >= 15 is 0 Å². The third kappa shape index (κ3) is 3.17. The molecule has 0 atom stereocenters. The third-order valence-corrected chi connectivity index (χ3v) is 2.86. The summed E-state index contributed by atoms with van der Waals surface area (Å²) in [6, 6.07) is 10.1. The highest BCUT2D eigenvalue weighted by Gasteiger charge is 2.15. The zero-order valence-electron chi connectivity index (χ0n) is 11.2. The number of rotatable bonds is 4. The molecule has 2 aromatic carbocycles. The van der Waals surface area contributed by atoms with Gasteiger partial charge in [0.25, 0.3) is 11.8 Å². The summed E-state index contributed by atoms with van der Waals surface area (Å²) in [5.41, 5.74) is 5.44. The predicted molar refractivity (Wildman–Crippen MR) is 75.9 cm³/mol. The van der Waals surface area contributed by atoms with Crippen LogP contribution in [0.15, 0.2) is 42.5 Å². The largest absolute Gasteiger partial charge is 0.497 e. The predicted octanol–water partition coefficient (Wildman–Crippen LogP) is 2.19. The van der Waals surface area contributed by atoms with Gasteiger partial charge in [-0.25, -0.2) is 4.39 Å². The zero-order valence-corrected chi connectivity index (χ0v) is 11.2. The van der Waals surface area contributed by atoms with Crippen molar-refractivity contribution in [2.24, 2.45) is 5.73 Å². The average molecular weight is 288 g/mol. The van der Waals surface area contributed by atoms with Crippen molar-refractivity contribution >= 4 is 17.5 Å². The summed E-state index contributed by atoms with van der Waals surface area (Å²) < 4.78 is 18.7. The van der Waals surface area contributed by atoms with Crippen molar-refractivity contribution in [1.82, 2.24) is 0 Å². The SMILES string of the molecule is COc1ccc(C(=O)Nc2ccccc2C(N)=O)c(F)c1. The first-order valence-corrected chi connectivity index (χ1v) is 6.06. The summed E-state index contributed by atoms with van der Waals surface area (Å²) in [5, 5.41) is 2.47. The van der Waals surface area contributed by atoms with Crippen LogP contribution < -0.4 is 15.8 Å². The van der Waals surface area contributed by atoms with Crippen LogP contribution in [-0.2, 0) is 0 Å². The number of hydrogen-bond donors (Lipinski definition) is 2. The molecule has 0 saturated heterocycles. The smallest absolute Gasteiger partial charge is 0.258 e. The molecule has 0 radical (unpaired) electrons. The van der Waals surface area contributed by atoms with Gasteiger partial charge in [0.2, 0.25) is 0 Å². The van der Waals surface area contributed by atoms with Crippen molar-refractivity contribution in [3.8, 4) is 5.75 Å². The van der Waals surface area contributed by atoms with Gasteiger partial charge in [0, 0.05) is 6.07 Å². The summed E-state index contributed by atoms with van der Waals surface area (Å²) in [6.45, 7) is 0. The number of anilines is 1. The average Bonchev–Trinajstić information content (AvgIpc) is 2.47. The first kappa shape index (κ1) is 14.5. The Morgan fingerprint density at radius 3 is 2.48 bits per heavy atom. The Balaban J connectivity index is 2.28. The molecule has 0 aliphatic rings. The first-order chi connectivity index (χ1) is 10.0. The second-order valence-electron chi connectivity index (χ2n) is 4.21. The topological polar surface area (TPSA) is 81.4 Å². The van der Waals surface area contributed by atoms with E-state index < -0.39 is 17.6 Å². The van der Waals surface area contributed by atoms with E-state index in [0.29, 0.717) is 5.75 Å². The third-order valence-electron chi connectivity index (χ3n) is 2.86. The Bertz CT molecular complexity index is 701.